The molecule has 1 saturated heterocycles. The first kappa shape index (κ1) is 26.4. The van der Waals surface area contributed by atoms with Crippen molar-refractivity contribution in [1.82, 2.24) is 24.4 Å². The Labute approximate surface area is 190 Å². The minimum Gasteiger partial charge on any atom is -0.388 e. The van der Waals surface area contributed by atoms with Crippen molar-refractivity contribution in [2.75, 3.05) is 12.1 Å². The van der Waals surface area contributed by atoms with Crippen LogP contribution in [0.25, 0.3) is 11.2 Å². The molecule has 6 N–H and O–H groups in total. The summed E-state index contributed by atoms with van der Waals surface area (Å²) in [5.74, 6) is 0.861. The summed E-state index contributed by atoms with van der Waals surface area (Å²) in [5.41, 5.74) is 0.685. The van der Waals surface area contributed by atoms with Gasteiger partial charge in [0.1, 0.15) is 12.4 Å². The predicted octanol–water partition coefficient (Wildman–Crippen LogP) is 0.186. The first-order valence-electron chi connectivity index (χ1n) is 8.69. The molecular formula is C12H19N6O11P3S. The molecule has 1 aliphatic heterocycles. The number of nitrogens with zero attached hydrogens (tertiary/aromatic N) is 5. The molecule has 2 unspecified atom stereocenters. The number of rotatable bonds is 9. The van der Waals surface area contributed by atoms with Gasteiger partial charge in [0.15, 0.2) is 23.2 Å². The molecule has 184 valence electrons. The summed E-state index contributed by atoms with van der Waals surface area (Å²) < 4.78 is 48.6. The van der Waals surface area contributed by atoms with Crippen LogP contribution in [0.1, 0.15) is 12.6 Å². The van der Waals surface area contributed by atoms with Crippen LogP contribution in [0.3, 0.4) is 0 Å². The molecule has 17 nitrogen and oxygen atoms in total. The smallest absolute Gasteiger partial charge is 0.388 e. The minimum atomic E-state index is -5.56. The minimum absolute atomic E-state index is 0.0490. The number of imidazole rings is 1. The Morgan fingerprint density at radius 2 is 1.94 bits per heavy atom. The van der Waals surface area contributed by atoms with Gasteiger partial charge in [0.05, 0.1) is 12.4 Å². The average Bonchev–Trinajstić information content (AvgIpc) is 3.25. The fraction of sp³-hybridized carbons (Fsp3) is 0.417. The van der Waals surface area contributed by atoms with Crippen molar-refractivity contribution in [3.63, 3.8) is 0 Å². The fourth-order valence-electron chi connectivity index (χ4n) is 2.90. The van der Waals surface area contributed by atoms with Crippen molar-refractivity contribution < 1.29 is 51.7 Å². The van der Waals surface area contributed by atoms with Gasteiger partial charge in [-0.3, -0.25) is 14.1 Å². The standard InChI is InChI=1S/C12H19N6O11P3S/c1-17(16-33)10-9-11(14-5-13-10)18(6-15-9)12-8(19)4-7(27-12)2-3-30(20,21)28-32(25,26)29-31(22,23)24/h2-3,5-8,12,16,19,33H,4H2,1H3,(H,20,21)(H,25,26)(H2,22,23,24)/b3-2+/t7-,8-,12-/m1/s1. The number of hydrogen-bond acceptors (Lipinski definition) is 13. The van der Waals surface area contributed by atoms with Crippen LogP contribution in [0.5, 0.6) is 0 Å². The normalized spacial score (nSPS) is 25.4. The van der Waals surface area contributed by atoms with E-state index in [0.29, 0.717) is 22.8 Å². The first-order chi connectivity index (χ1) is 15.2. The van der Waals surface area contributed by atoms with Crippen molar-refractivity contribution in [2.24, 2.45) is 0 Å². The quantitative estimate of drug-likeness (QED) is 0.126. The number of aliphatic hydroxyl groups is 1. The molecule has 0 spiro atoms. The summed E-state index contributed by atoms with van der Waals surface area (Å²) in [7, 11) is -14.4. The summed E-state index contributed by atoms with van der Waals surface area (Å²) in [4.78, 5) is 51.0. The van der Waals surface area contributed by atoms with Gasteiger partial charge in [-0.25, -0.2) is 28.4 Å². The number of hydrogen-bond donors (Lipinski definition) is 7. The SMILES string of the molecule is CN(NS)c1ncnc2c1ncn2[C@@H]1O[C@H](/C=C/P(=O)(O)OP(=O)(O)OP(=O)(O)O)C[C@H]1O. The van der Waals surface area contributed by atoms with E-state index in [9.17, 15) is 28.6 Å². The molecule has 0 bridgehead atoms. The molecule has 1 aliphatic rings. The molecule has 0 saturated carbocycles. The van der Waals surface area contributed by atoms with E-state index in [2.05, 4.69) is 41.2 Å². The Balaban J connectivity index is 1.75. The number of hydrazine groups is 1. The third kappa shape index (κ3) is 6.68. The Morgan fingerprint density at radius 1 is 1.24 bits per heavy atom. The van der Waals surface area contributed by atoms with Crippen LogP contribution >= 0.6 is 36.1 Å². The van der Waals surface area contributed by atoms with E-state index < -0.39 is 41.7 Å². The molecule has 3 rings (SSSR count). The number of ether oxygens (including phenoxy) is 1. The Bertz CT molecular complexity index is 1190. The maximum Gasteiger partial charge on any atom is 0.488 e. The van der Waals surface area contributed by atoms with E-state index in [4.69, 9.17) is 14.5 Å². The maximum atomic E-state index is 12.0. The van der Waals surface area contributed by atoms with E-state index in [1.54, 1.807) is 7.05 Å². The summed E-state index contributed by atoms with van der Waals surface area (Å²) in [6.45, 7) is 0. The van der Waals surface area contributed by atoms with Gasteiger partial charge in [-0.2, -0.15) is 9.14 Å². The molecule has 2 aromatic rings. The number of fused-ring (bicyclic) bond motifs is 1. The fourth-order valence-corrected chi connectivity index (χ4v) is 6.27. The molecule has 0 radical (unpaired) electrons. The average molecular weight is 548 g/mol. The zero-order chi connectivity index (χ0) is 24.6. The van der Waals surface area contributed by atoms with Crippen molar-refractivity contribution in [1.29, 1.82) is 0 Å². The molecule has 0 aromatic carbocycles. The third-order valence-corrected chi connectivity index (χ3v) is 8.40. The number of aromatic nitrogens is 4. The second-order valence-corrected chi connectivity index (χ2v) is 11.4. The van der Waals surface area contributed by atoms with Gasteiger partial charge in [0, 0.05) is 19.3 Å². The van der Waals surface area contributed by atoms with Crippen LogP contribution < -0.4 is 9.84 Å². The predicted molar refractivity (Wildman–Crippen MR) is 113 cm³/mol. The molecule has 0 aliphatic carbocycles. The summed E-state index contributed by atoms with van der Waals surface area (Å²) in [6.07, 6.45) is 0.515. The number of phosphoric acid groups is 2. The van der Waals surface area contributed by atoms with E-state index >= 15 is 0 Å². The molecule has 33 heavy (non-hydrogen) atoms. The van der Waals surface area contributed by atoms with Crippen molar-refractivity contribution in [3.05, 3.63) is 24.5 Å². The number of thiol groups is 1. The topological polar surface area (TPSA) is 239 Å². The molecular weight excluding hydrogens is 529 g/mol. The second kappa shape index (κ2) is 9.79. The van der Waals surface area contributed by atoms with E-state index in [1.165, 1.54) is 22.2 Å². The lowest BCUT2D eigenvalue weighted by atomic mass is 10.2. The Morgan fingerprint density at radius 3 is 2.58 bits per heavy atom. The van der Waals surface area contributed by atoms with Gasteiger partial charge in [-0.1, -0.05) is 12.8 Å². The van der Waals surface area contributed by atoms with Crippen LogP contribution in [0.4, 0.5) is 5.82 Å². The van der Waals surface area contributed by atoms with Gasteiger partial charge < -0.3 is 29.4 Å². The zero-order valence-corrected chi connectivity index (χ0v) is 20.0. The van der Waals surface area contributed by atoms with E-state index in [0.717, 1.165) is 6.08 Å². The molecule has 1 fully saturated rings. The van der Waals surface area contributed by atoms with Gasteiger partial charge in [-0.15, -0.1) is 0 Å². The highest BCUT2D eigenvalue weighted by atomic mass is 32.1. The molecule has 2 aromatic heterocycles. The molecule has 21 heteroatoms. The molecule has 5 atom stereocenters. The highest BCUT2D eigenvalue weighted by molar-refractivity contribution is 7.78. The van der Waals surface area contributed by atoms with E-state index in [1.807, 2.05) is 0 Å². The van der Waals surface area contributed by atoms with Crippen LogP contribution in [-0.2, 0) is 27.1 Å². The lowest BCUT2D eigenvalue weighted by molar-refractivity contribution is -0.0227. The monoisotopic (exact) mass is 548 g/mol. The summed E-state index contributed by atoms with van der Waals surface area (Å²) >= 11 is 3.94. The van der Waals surface area contributed by atoms with Gasteiger partial charge in [0.25, 0.3) is 0 Å². The lowest BCUT2D eigenvalue weighted by Gasteiger charge is -2.17. The number of aliphatic hydroxyl groups excluding tert-OH is 1. The van der Waals surface area contributed by atoms with Crippen LogP contribution in [0.15, 0.2) is 24.5 Å². The second-order valence-electron chi connectivity index (χ2n) is 6.58. The highest BCUT2D eigenvalue weighted by Crippen LogP contribution is 2.66. The lowest BCUT2D eigenvalue weighted by Crippen LogP contribution is -2.27. The third-order valence-electron chi connectivity index (χ3n) is 4.12. The Kier molecular flexibility index (Phi) is 7.83. The Hall–Kier alpha value is -1.23. The van der Waals surface area contributed by atoms with Gasteiger partial charge in [0.2, 0.25) is 0 Å². The van der Waals surface area contributed by atoms with Crippen LogP contribution in [0, 0.1) is 0 Å². The largest absolute Gasteiger partial charge is 0.488 e. The highest BCUT2D eigenvalue weighted by Gasteiger charge is 2.39. The summed E-state index contributed by atoms with van der Waals surface area (Å²) in [6, 6.07) is 0. The number of anilines is 1. The molecule has 3 heterocycles. The van der Waals surface area contributed by atoms with Gasteiger partial charge >= 0.3 is 23.2 Å². The summed E-state index contributed by atoms with van der Waals surface area (Å²) in [5, 5.41) is 11.9. The number of nitrogens with one attached hydrogen (secondary N) is 1. The first-order valence-corrected chi connectivity index (χ1v) is 13.8. The van der Waals surface area contributed by atoms with E-state index in [-0.39, 0.29) is 6.42 Å². The van der Waals surface area contributed by atoms with Crippen molar-refractivity contribution in [2.45, 2.75) is 24.9 Å². The zero-order valence-electron chi connectivity index (χ0n) is 16.5. The van der Waals surface area contributed by atoms with Crippen LogP contribution in [0.2, 0.25) is 0 Å². The maximum absolute atomic E-state index is 12.0. The van der Waals surface area contributed by atoms with Crippen molar-refractivity contribution >= 4 is 53.0 Å². The van der Waals surface area contributed by atoms with Crippen molar-refractivity contribution in [3.8, 4) is 0 Å². The van der Waals surface area contributed by atoms with Gasteiger partial charge in [-0.05, 0) is 6.08 Å². The molecule has 0 amide bonds. The van der Waals surface area contributed by atoms with Crippen LogP contribution in [-0.4, -0.2) is 63.5 Å².